The molecule has 0 saturated heterocycles. The number of halogens is 3. The summed E-state index contributed by atoms with van der Waals surface area (Å²) in [6.07, 6.45) is -4.55. The molecule has 1 amide bonds. The number of methoxy groups -OCH3 is 1. The summed E-state index contributed by atoms with van der Waals surface area (Å²) < 4.78 is 43.3. The van der Waals surface area contributed by atoms with Crippen LogP contribution >= 0.6 is 0 Å². The molecule has 2 aromatic rings. The maximum absolute atomic E-state index is 12.8. The third kappa shape index (κ3) is 6.61. The molecule has 4 nitrogen and oxygen atoms in total. The summed E-state index contributed by atoms with van der Waals surface area (Å²) in [5.74, 6) is -1.18. The zero-order chi connectivity index (χ0) is 22.5. The highest BCUT2D eigenvalue weighted by Crippen LogP contribution is 2.29. The van der Waals surface area contributed by atoms with Gasteiger partial charge in [0.05, 0.1) is 19.1 Å². The molecular weight excluding hydrogens is 395 g/mol. The fraction of sp³-hybridized carbons (Fsp3) is 0.391. The largest absolute Gasteiger partial charge is 0.467 e. The van der Waals surface area contributed by atoms with Crippen molar-refractivity contribution in [1.82, 2.24) is 5.32 Å². The number of benzene rings is 2. The van der Waals surface area contributed by atoms with Crippen LogP contribution in [-0.4, -0.2) is 25.0 Å². The molecule has 0 aliphatic heterocycles. The van der Waals surface area contributed by atoms with Crippen LogP contribution in [0.15, 0.2) is 48.5 Å². The number of hydrogen-bond acceptors (Lipinski definition) is 3. The maximum Gasteiger partial charge on any atom is 0.416 e. The van der Waals surface area contributed by atoms with Crippen molar-refractivity contribution in [3.63, 3.8) is 0 Å². The molecule has 0 radical (unpaired) electrons. The van der Waals surface area contributed by atoms with Gasteiger partial charge in [-0.15, -0.1) is 0 Å². The summed E-state index contributed by atoms with van der Waals surface area (Å²) in [4.78, 5) is 24.5. The van der Waals surface area contributed by atoms with Crippen LogP contribution < -0.4 is 5.32 Å². The lowest BCUT2D eigenvalue weighted by Crippen LogP contribution is -2.43. The number of nitrogens with one attached hydrogen (secondary N) is 1. The first-order chi connectivity index (χ1) is 13.9. The first-order valence-electron chi connectivity index (χ1n) is 9.53. The number of esters is 1. The zero-order valence-electron chi connectivity index (χ0n) is 17.5. The van der Waals surface area contributed by atoms with Crippen LogP contribution in [0, 0.1) is 0 Å². The smallest absolute Gasteiger partial charge is 0.416 e. The Labute approximate surface area is 174 Å². The lowest BCUT2D eigenvalue weighted by atomic mass is 9.86. The van der Waals surface area contributed by atoms with Crippen molar-refractivity contribution < 1.29 is 27.5 Å². The third-order valence-corrected chi connectivity index (χ3v) is 4.70. The molecule has 2 rings (SSSR count). The minimum atomic E-state index is -4.49. The molecule has 7 heteroatoms. The van der Waals surface area contributed by atoms with Crippen molar-refractivity contribution in [3.05, 3.63) is 70.8 Å². The van der Waals surface area contributed by atoms with E-state index in [1.807, 2.05) is 24.3 Å². The fourth-order valence-electron chi connectivity index (χ4n) is 3.00. The number of carbonyl (C=O) groups is 2. The van der Waals surface area contributed by atoms with Gasteiger partial charge in [0.15, 0.2) is 0 Å². The summed E-state index contributed by atoms with van der Waals surface area (Å²) in [5.41, 5.74) is 1.34. The van der Waals surface area contributed by atoms with Crippen LogP contribution in [0.2, 0.25) is 0 Å². The highest BCUT2D eigenvalue weighted by molar-refractivity contribution is 5.85. The van der Waals surface area contributed by atoms with Crippen LogP contribution in [0.3, 0.4) is 0 Å². The Bertz CT molecular complexity index is 884. The van der Waals surface area contributed by atoms with E-state index < -0.39 is 29.7 Å². The van der Waals surface area contributed by atoms with Crippen LogP contribution in [-0.2, 0) is 38.8 Å². The molecule has 0 bridgehead atoms. The van der Waals surface area contributed by atoms with Gasteiger partial charge in [0, 0.05) is 6.42 Å². The van der Waals surface area contributed by atoms with E-state index in [4.69, 9.17) is 4.74 Å². The summed E-state index contributed by atoms with van der Waals surface area (Å²) in [5, 5.41) is 2.57. The molecular formula is C23H26F3NO3. The van der Waals surface area contributed by atoms with E-state index in [2.05, 4.69) is 26.1 Å². The molecule has 0 saturated carbocycles. The lowest BCUT2D eigenvalue weighted by Gasteiger charge is -2.20. The molecule has 2 aromatic carbocycles. The number of alkyl halides is 3. The van der Waals surface area contributed by atoms with Gasteiger partial charge in [-0.25, -0.2) is 4.79 Å². The minimum absolute atomic E-state index is 0.0144. The molecule has 0 aromatic heterocycles. The first kappa shape index (κ1) is 23.4. The molecule has 1 N–H and O–H groups in total. The van der Waals surface area contributed by atoms with Crippen LogP contribution in [0.4, 0.5) is 13.2 Å². The van der Waals surface area contributed by atoms with Crippen LogP contribution in [0.1, 0.15) is 43.0 Å². The summed E-state index contributed by atoms with van der Waals surface area (Å²) >= 11 is 0. The van der Waals surface area contributed by atoms with Gasteiger partial charge in [-0.1, -0.05) is 63.2 Å². The standard InChI is InChI=1S/C23H26F3NO3/c1-22(2,3)17-10-8-15(9-11-17)13-19(21(29)30-4)27-20(28)14-16-6-5-7-18(12-16)23(24,25)26/h5-12,19H,13-14H2,1-4H3,(H,27,28)/t19-/m1/s1. The topological polar surface area (TPSA) is 55.4 Å². The molecule has 162 valence electrons. The lowest BCUT2D eigenvalue weighted by molar-refractivity contribution is -0.145. The average Bonchev–Trinajstić information content (AvgIpc) is 2.66. The molecule has 30 heavy (non-hydrogen) atoms. The van der Waals surface area contributed by atoms with Gasteiger partial charge in [-0.3, -0.25) is 4.79 Å². The number of carbonyl (C=O) groups excluding carboxylic acids is 2. The zero-order valence-corrected chi connectivity index (χ0v) is 17.5. The van der Waals surface area contributed by atoms with E-state index in [0.29, 0.717) is 0 Å². The van der Waals surface area contributed by atoms with Gasteiger partial charge in [-0.2, -0.15) is 13.2 Å². The first-order valence-corrected chi connectivity index (χ1v) is 9.53. The van der Waals surface area contributed by atoms with Gasteiger partial charge in [0.25, 0.3) is 0 Å². The van der Waals surface area contributed by atoms with Gasteiger partial charge in [0.1, 0.15) is 6.04 Å². The second kappa shape index (κ2) is 9.32. The van der Waals surface area contributed by atoms with Crippen molar-refractivity contribution in [2.75, 3.05) is 7.11 Å². The van der Waals surface area contributed by atoms with Gasteiger partial charge >= 0.3 is 12.1 Å². The molecule has 0 unspecified atom stereocenters. The second-order valence-corrected chi connectivity index (χ2v) is 8.17. The van der Waals surface area contributed by atoms with Gasteiger partial charge < -0.3 is 10.1 Å². The third-order valence-electron chi connectivity index (χ3n) is 4.70. The SMILES string of the molecule is COC(=O)[C@@H](Cc1ccc(C(C)(C)C)cc1)NC(=O)Cc1cccc(C(F)(F)F)c1. The van der Waals surface area contributed by atoms with Gasteiger partial charge in [-0.05, 0) is 28.2 Å². The van der Waals surface area contributed by atoms with E-state index >= 15 is 0 Å². The fourth-order valence-corrected chi connectivity index (χ4v) is 3.00. The molecule has 0 aliphatic carbocycles. The van der Waals surface area contributed by atoms with Crippen molar-refractivity contribution in [2.24, 2.45) is 0 Å². The molecule has 0 heterocycles. The maximum atomic E-state index is 12.8. The Balaban J connectivity index is 2.09. The minimum Gasteiger partial charge on any atom is -0.467 e. The van der Waals surface area contributed by atoms with E-state index in [0.717, 1.165) is 23.3 Å². The molecule has 0 spiro atoms. The number of ether oxygens (including phenoxy) is 1. The quantitative estimate of drug-likeness (QED) is 0.702. The second-order valence-electron chi connectivity index (χ2n) is 8.17. The van der Waals surface area contributed by atoms with E-state index in [-0.39, 0.29) is 23.8 Å². The van der Waals surface area contributed by atoms with Crippen molar-refractivity contribution in [2.45, 2.75) is 51.2 Å². The summed E-state index contributed by atoms with van der Waals surface area (Å²) in [6.45, 7) is 6.27. The Kier molecular flexibility index (Phi) is 7.29. The highest BCUT2D eigenvalue weighted by atomic mass is 19.4. The monoisotopic (exact) mass is 421 g/mol. The number of hydrogen-bond donors (Lipinski definition) is 1. The highest BCUT2D eigenvalue weighted by Gasteiger charge is 2.30. The van der Waals surface area contributed by atoms with E-state index in [1.165, 1.54) is 19.2 Å². The molecule has 0 aliphatic rings. The van der Waals surface area contributed by atoms with Crippen molar-refractivity contribution >= 4 is 11.9 Å². The summed E-state index contributed by atoms with van der Waals surface area (Å²) in [7, 11) is 1.22. The van der Waals surface area contributed by atoms with Gasteiger partial charge in [0.2, 0.25) is 5.91 Å². The van der Waals surface area contributed by atoms with E-state index in [9.17, 15) is 22.8 Å². The number of rotatable bonds is 6. The van der Waals surface area contributed by atoms with Crippen molar-refractivity contribution in [3.8, 4) is 0 Å². The van der Waals surface area contributed by atoms with Crippen LogP contribution in [0.25, 0.3) is 0 Å². The number of amides is 1. The average molecular weight is 421 g/mol. The molecule has 0 fully saturated rings. The Morgan fingerprint density at radius 2 is 1.60 bits per heavy atom. The Hall–Kier alpha value is -2.83. The molecule has 1 atom stereocenters. The Morgan fingerprint density at radius 1 is 0.967 bits per heavy atom. The normalized spacial score (nSPS) is 12.9. The van der Waals surface area contributed by atoms with Crippen molar-refractivity contribution in [1.29, 1.82) is 0 Å². The summed E-state index contributed by atoms with van der Waals surface area (Å²) in [6, 6.07) is 11.3. The Morgan fingerprint density at radius 3 is 2.13 bits per heavy atom. The van der Waals surface area contributed by atoms with Crippen LogP contribution in [0.5, 0.6) is 0 Å². The predicted octanol–water partition coefficient (Wildman–Crippen LogP) is 4.45. The van der Waals surface area contributed by atoms with E-state index in [1.54, 1.807) is 0 Å². The predicted molar refractivity (Wildman–Crippen MR) is 108 cm³/mol.